The molecule has 0 aliphatic heterocycles. The Hall–Kier alpha value is -1.81. The van der Waals surface area contributed by atoms with Gasteiger partial charge in [0.15, 0.2) is 0 Å². The Kier molecular flexibility index (Phi) is 6.96. The van der Waals surface area contributed by atoms with Crippen LogP contribution in [0.1, 0.15) is 25.0 Å². The van der Waals surface area contributed by atoms with Gasteiger partial charge in [-0.3, -0.25) is 9.59 Å². The molecule has 1 rings (SSSR count). The van der Waals surface area contributed by atoms with E-state index in [-0.39, 0.29) is 12.5 Å². The predicted octanol–water partition coefficient (Wildman–Crippen LogP) is 3.07. The summed E-state index contributed by atoms with van der Waals surface area (Å²) < 4.78 is 4.84. The summed E-state index contributed by atoms with van der Waals surface area (Å²) in [6.07, 6.45) is 3.12. The highest BCUT2D eigenvalue weighted by molar-refractivity contribution is 6.31. The fraction of sp³-hybridized carbons (Fsp3) is 0.375. The van der Waals surface area contributed by atoms with Crippen molar-refractivity contribution >= 4 is 29.6 Å². The van der Waals surface area contributed by atoms with Crippen LogP contribution >= 0.6 is 11.6 Å². The molecule has 0 atom stereocenters. The van der Waals surface area contributed by atoms with Gasteiger partial charge in [-0.2, -0.15) is 0 Å². The van der Waals surface area contributed by atoms with Crippen molar-refractivity contribution in [2.45, 2.75) is 20.8 Å². The van der Waals surface area contributed by atoms with Gasteiger partial charge in [-0.1, -0.05) is 23.7 Å². The van der Waals surface area contributed by atoms with E-state index < -0.39 is 5.97 Å². The molecule has 1 aromatic carbocycles. The lowest BCUT2D eigenvalue weighted by atomic mass is 10.1. The standard InChI is InChI=1S/C16H20ClNO3/c1-4-18(11-16(20)21-5-2)15(19)9-8-13-7-6-12(3)14(17)10-13/h6-10H,4-5,11H2,1-3H3/b9-8+. The lowest BCUT2D eigenvalue weighted by molar-refractivity contribution is -0.147. The molecule has 0 saturated heterocycles. The first-order valence-electron chi connectivity index (χ1n) is 6.86. The van der Waals surface area contributed by atoms with E-state index in [1.165, 1.54) is 11.0 Å². The summed E-state index contributed by atoms with van der Waals surface area (Å²) in [5.41, 5.74) is 1.82. The number of ether oxygens (including phenoxy) is 1. The maximum absolute atomic E-state index is 12.0. The van der Waals surface area contributed by atoms with Crippen LogP contribution in [-0.4, -0.2) is 36.5 Å². The van der Waals surface area contributed by atoms with Crippen molar-refractivity contribution in [2.24, 2.45) is 0 Å². The summed E-state index contributed by atoms with van der Waals surface area (Å²) in [7, 11) is 0. The SMILES string of the molecule is CCOC(=O)CN(CC)C(=O)/C=C/c1ccc(C)c(Cl)c1. The molecule has 21 heavy (non-hydrogen) atoms. The van der Waals surface area contributed by atoms with Crippen LogP contribution in [-0.2, 0) is 14.3 Å². The number of benzene rings is 1. The molecule has 0 spiro atoms. The number of nitrogens with zero attached hydrogens (tertiary/aromatic N) is 1. The molecule has 5 heteroatoms. The normalized spacial score (nSPS) is 10.7. The molecule has 0 saturated carbocycles. The van der Waals surface area contributed by atoms with Crippen LogP contribution in [0.15, 0.2) is 24.3 Å². The maximum Gasteiger partial charge on any atom is 0.325 e. The van der Waals surface area contributed by atoms with Crippen molar-refractivity contribution in [1.82, 2.24) is 4.90 Å². The van der Waals surface area contributed by atoms with Gasteiger partial charge in [0.1, 0.15) is 6.54 Å². The van der Waals surface area contributed by atoms with Crippen molar-refractivity contribution in [3.8, 4) is 0 Å². The average Bonchev–Trinajstić information content (AvgIpc) is 2.46. The average molecular weight is 310 g/mol. The zero-order valence-corrected chi connectivity index (χ0v) is 13.3. The van der Waals surface area contributed by atoms with Crippen LogP contribution < -0.4 is 0 Å². The number of halogens is 1. The molecule has 114 valence electrons. The molecule has 0 fully saturated rings. The van der Waals surface area contributed by atoms with Crippen molar-refractivity contribution in [2.75, 3.05) is 19.7 Å². The van der Waals surface area contributed by atoms with Crippen LogP contribution in [0.25, 0.3) is 6.08 Å². The molecule has 0 bridgehead atoms. The van der Waals surface area contributed by atoms with Gasteiger partial charge in [0.05, 0.1) is 6.61 Å². The van der Waals surface area contributed by atoms with Crippen LogP contribution in [0.4, 0.5) is 0 Å². The number of likely N-dealkylation sites (N-methyl/N-ethyl adjacent to an activating group) is 1. The number of aryl methyl sites for hydroxylation is 1. The topological polar surface area (TPSA) is 46.6 Å². The molecule has 0 unspecified atom stereocenters. The first-order valence-corrected chi connectivity index (χ1v) is 7.24. The Morgan fingerprint density at radius 2 is 2.05 bits per heavy atom. The Bertz CT molecular complexity index is 540. The Morgan fingerprint density at radius 3 is 2.62 bits per heavy atom. The minimum Gasteiger partial charge on any atom is -0.465 e. The van der Waals surface area contributed by atoms with Gasteiger partial charge in [0.2, 0.25) is 5.91 Å². The highest BCUT2D eigenvalue weighted by Crippen LogP contribution is 2.17. The van der Waals surface area contributed by atoms with Gasteiger partial charge in [0.25, 0.3) is 0 Å². The van der Waals surface area contributed by atoms with E-state index in [0.717, 1.165) is 11.1 Å². The molecule has 4 nitrogen and oxygen atoms in total. The van der Waals surface area contributed by atoms with E-state index in [2.05, 4.69) is 0 Å². The highest BCUT2D eigenvalue weighted by Gasteiger charge is 2.13. The van der Waals surface area contributed by atoms with Crippen LogP contribution in [0.2, 0.25) is 5.02 Å². The van der Waals surface area contributed by atoms with E-state index in [1.54, 1.807) is 19.1 Å². The first-order chi connectivity index (χ1) is 9.97. The van der Waals surface area contributed by atoms with E-state index >= 15 is 0 Å². The Labute approximate surface area is 130 Å². The molecular weight excluding hydrogens is 290 g/mol. The van der Waals surface area contributed by atoms with E-state index in [4.69, 9.17) is 16.3 Å². The lowest BCUT2D eigenvalue weighted by Gasteiger charge is -2.17. The van der Waals surface area contributed by atoms with Crippen molar-refractivity contribution in [1.29, 1.82) is 0 Å². The number of hydrogen-bond acceptors (Lipinski definition) is 3. The zero-order valence-electron chi connectivity index (χ0n) is 12.6. The van der Waals surface area contributed by atoms with Crippen molar-refractivity contribution < 1.29 is 14.3 Å². The second-order valence-corrected chi connectivity index (χ2v) is 4.91. The second-order valence-electron chi connectivity index (χ2n) is 4.50. The number of carbonyl (C=O) groups excluding carboxylic acids is 2. The summed E-state index contributed by atoms with van der Waals surface area (Å²) in [5, 5.41) is 0.656. The summed E-state index contributed by atoms with van der Waals surface area (Å²) in [4.78, 5) is 24.9. The molecule has 0 N–H and O–H groups in total. The first kappa shape index (κ1) is 17.2. The molecular formula is C16H20ClNO3. The number of hydrogen-bond donors (Lipinski definition) is 0. The van der Waals surface area contributed by atoms with Crippen LogP contribution in [0.3, 0.4) is 0 Å². The molecule has 0 heterocycles. The zero-order chi connectivity index (χ0) is 15.8. The summed E-state index contributed by atoms with van der Waals surface area (Å²) >= 11 is 6.03. The van der Waals surface area contributed by atoms with Crippen molar-refractivity contribution in [3.63, 3.8) is 0 Å². The third kappa shape index (κ3) is 5.60. The van der Waals surface area contributed by atoms with Crippen molar-refractivity contribution in [3.05, 3.63) is 40.4 Å². The lowest BCUT2D eigenvalue weighted by Crippen LogP contribution is -2.35. The smallest absolute Gasteiger partial charge is 0.325 e. The number of carbonyl (C=O) groups is 2. The van der Waals surface area contributed by atoms with Gasteiger partial charge in [0, 0.05) is 17.6 Å². The largest absolute Gasteiger partial charge is 0.465 e. The summed E-state index contributed by atoms with van der Waals surface area (Å²) in [6, 6.07) is 5.57. The Morgan fingerprint density at radius 1 is 1.33 bits per heavy atom. The van der Waals surface area contributed by atoms with E-state index in [1.807, 2.05) is 26.0 Å². The fourth-order valence-electron chi connectivity index (χ4n) is 1.69. The van der Waals surface area contributed by atoms with Crippen LogP contribution in [0.5, 0.6) is 0 Å². The Balaban J connectivity index is 2.70. The molecule has 0 aliphatic carbocycles. The number of esters is 1. The highest BCUT2D eigenvalue weighted by atomic mass is 35.5. The van der Waals surface area contributed by atoms with Gasteiger partial charge in [-0.05, 0) is 44.0 Å². The third-order valence-electron chi connectivity index (χ3n) is 2.93. The van der Waals surface area contributed by atoms with Gasteiger partial charge in [-0.15, -0.1) is 0 Å². The number of amides is 1. The summed E-state index contributed by atoms with van der Waals surface area (Å²) in [6.45, 7) is 6.17. The molecule has 0 aliphatic rings. The van der Waals surface area contributed by atoms with Gasteiger partial charge < -0.3 is 9.64 Å². The third-order valence-corrected chi connectivity index (χ3v) is 3.34. The number of rotatable bonds is 6. The van der Waals surface area contributed by atoms with Gasteiger partial charge in [-0.25, -0.2) is 0 Å². The molecule has 1 amide bonds. The second kappa shape index (κ2) is 8.47. The van der Waals surface area contributed by atoms with Crippen LogP contribution in [0, 0.1) is 6.92 Å². The van der Waals surface area contributed by atoms with E-state index in [0.29, 0.717) is 18.2 Å². The maximum atomic E-state index is 12.0. The monoisotopic (exact) mass is 309 g/mol. The van der Waals surface area contributed by atoms with E-state index in [9.17, 15) is 9.59 Å². The molecule has 0 aromatic heterocycles. The summed E-state index contributed by atoms with van der Waals surface area (Å²) in [5.74, 6) is -0.637. The fourth-order valence-corrected chi connectivity index (χ4v) is 1.88. The quantitative estimate of drug-likeness (QED) is 0.599. The predicted molar refractivity (Wildman–Crippen MR) is 84.1 cm³/mol. The van der Waals surface area contributed by atoms with Gasteiger partial charge >= 0.3 is 5.97 Å². The molecule has 0 radical (unpaired) electrons. The minimum atomic E-state index is -0.403. The molecule has 1 aromatic rings. The minimum absolute atomic E-state index is 0.0395.